The summed E-state index contributed by atoms with van der Waals surface area (Å²) in [6, 6.07) is 11.6. The van der Waals surface area contributed by atoms with E-state index in [2.05, 4.69) is 9.97 Å². The van der Waals surface area contributed by atoms with E-state index in [9.17, 15) is 4.79 Å². The number of fused-ring (bicyclic) bond motifs is 2. The summed E-state index contributed by atoms with van der Waals surface area (Å²) in [5.41, 5.74) is 2.05. The summed E-state index contributed by atoms with van der Waals surface area (Å²) in [5, 5.41) is 1.97. The Morgan fingerprint density at radius 1 is 1.28 bits per heavy atom. The van der Waals surface area contributed by atoms with Gasteiger partial charge in [0.25, 0.3) is 0 Å². The molecule has 0 saturated carbocycles. The summed E-state index contributed by atoms with van der Waals surface area (Å²) in [5.74, 6) is -0.348. The van der Waals surface area contributed by atoms with Gasteiger partial charge in [-0.3, -0.25) is 0 Å². The molecule has 3 aromatic rings. The highest BCUT2D eigenvalue weighted by Crippen LogP contribution is 2.20. The lowest BCUT2D eigenvalue weighted by atomic mass is 10.2. The fraction of sp³-hybridized carbons (Fsp3) is 0.143. The number of benzene rings is 1. The van der Waals surface area contributed by atoms with Crippen LogP contribution in [0.1, 0.15) is 17.4 Å². The molecule has 2 heterocycles. The number of H-pyrrole nitrogens is 1. The van der Waals surface area contributed by atoms with Crippen LogP contribution in [0.3, 0.4) is 0 Å². The van der Waals surface area contributed by atoms with E-state index < -0.39 is 0 Å². The van der Waals surface area contributed by atoms with E-state index in [0.29, 0.717) is 17.9 Å². The van der Waals surface area contributed by atoms with E-state index in [-0.39, 0.29) is 5.97 Å². The smallest absolute Gasteiger partial charge is 0.354 e. The monoisotopic (exact) mass is 240 g/mol. The maximum atomic E-state index is 11.6. The van der Waals surface area contributed by atoms with Gasteiger partial charge in [-0.25, -0.2) is 9.78 Å². The van der Waals surface area contributed by atoms with Crippen molar-refractivity contribution in [1.29, 1.82) is 0 Å². The Morgan fingerprint density at radius 2 is 2.11 bits per heavy atom. The number of para-hydroxylation sites is 1. The van der Waals surface area contributed by atoms with Gasteiger partial charge in [-0.2, -0.15) is 0 Å². The summed E-state index contributed by atoms with van der Waals surface area (Å²) >= 11 is 0. The van der Waals surface area contributed by atoms with Crippen LogP contribution in [-0.2, 0) is 4.74 Å². The van der Waals surface area contributed by atoms with Gasteiger partial charge < -0.3 is 9.72 Å². The first kappa shape index (κ1) is 10.8. The predicted octanol–water partition coefficient (Wildman–Crippen LogP) is 2.89. The fourth-order valence-corrected chi connectivity index (χ4v) is 1.98. The molecule has 1 aromatic carbocycles. The van der Waals surface area contributed by atoms with Gasteiger partial charge in [0.1, 0.15) is 11.3 Å². The number of ether oxygens (including phenoxy) is 1. The van der Waals surface area contributed by atoms with Crippen LogP contribution < -0.4 is 0 Å². The molecule has 0 amide bonds. The minimum absolute atomic E-state index is 0.348. The molecule has 0 atom stereocenters. The van der Waals surface area contributed by atoms with Gasteiger partial charge in [0.2, 0.25) is 0 Å². The van der Waals surface area contributed by atoms with Crippen molar-refractivity contribution >= 4 is 27.9 Å². The number of esters is 1. The fourth-order valence-electron chi connectivity index (χ4n) is 1.98. The molecule has 0 fully saturated rings. The largest absolute Gasteiger partial charge is 0.461 e. The van der Waals surface area contributed by atoms with Crippen molar-refractivity contribution in [3.8, 4) is 0 Å². The summed E-state index contributed by atoms with van der Waals surface area (Å²) in [6.07, 6.45) is 0. The van der Waals surface area contributed by atoms with E-state index in [1.165, 1.54) is 0 Å². The topological polar surface area (TPSA) is 55.0 Å². The minimum atomic E-state index is -0.348. The van der Waals surface area contributed by atoms with Crippen molar-refractivity contribution in [1.82, 2.24) is 9.97 Å². The first-order chi connectivity index (χ1) is 8.78. The Labute approximate surface area is 104 Å². The molecular weight excluding hydrogens is 228 g/mol. The SMILES string of the molecule is CCOC(=O)c1cc2cc3ccccc3nc2[nH]1. The average Bonchev–Trinajstić information content (AvgIpc) is 2.79. The van der Waals surface area contributed by atoms with Crippen molar-refractivity contribution in [2.45, 2.75) is 6.92 Å². The molecule has 0 aliphatic heterocycles. The average molecular weight is 240 g/mol. The van der Waals surface area contributed by atoms with Crippen LogP contribution in [0.4, 0.5) is 0 Å². The second kappa shape index (κ2) is 4.14. The maximum Gasteiger partial charge on any atom is 0.354 e. The standard InChI is InChI=1S/C14H12N2O2/c1-2-18-14(17)12-8-10-7-9-5-3-4-6-11(9)15-13(10)16-12/h3-8H,2H2,1H3,(H,15,16). The van der Waals surface area contributed by atoms with Crippen molar-refractivity contribution < 1.29 is 9.53 Å². The Balaban J connectivity index is 2.16. The van der Waals surface area contributed by atoms with Gasteiger partial charge in [-0.05, 0) is 25.1 Å². The molecule has 3 rings (SSSR count). The van der Waals surface area contributed by atoms with E-state index in [1.807, 2.05) is 30.3 Å². The zero-order valence-electron chi connectivity index (χ0n) is 9.93. The molecule has 2 aromatic heterocycles. The number of aromatic nitrogens is 2. The zero-order chi connectivity index (χ0) is 12.5. The molecule has 0 unspecified atom stereocenters. The van der Waals surface area contributed by atoms with Crippen LogP contribution in [0.2, 0.25) is 0 Å². The van der Waals surface area contributed by atoms with Crippen molar-refractivity contribution in [2.24, 2.45) is 0 Å². The molecule has 0 spiro atoms. The van der Waals surface area contributed by atoms with Crippen LogP contribution in [0.15, 0.2) is 36.4 Å². The number of pyridine rings is 1. The molecule has 1 N–H and O–H groups in total. The number of hydrogen-bond acceptors (Lipinski definition) is 3. The summed E-state index contributed by atoms with van der Waals surface area (Å²) in [6.45, 7) is 2.15. The lowest BCUT2D eigenvalue weighted by Gasteiger charge is -1.96. The summed E-state index contributed by atoms with van der Waals surface area (Å²) < 4.78 is 4.96. The van der Waals surface area contributed by atoms with Gasteiger partial charge >= 0.3 is 5.97 Å². The van der Waals surface area contributed by atoms with Crippen molar-refractivity contribution in [3.05, 3.63) is 42.1 Å². The van der Waals surface area contributed by atoms with Gasteiger partial charge in [0, 0.05) is 10.8 Å². The number of hydrogen-bond donors (Lipinski definition) is 1. The first-order valence-corrected chi connectivity index (χ1v) is 5.83. The van der Waals surface area contributed by atoms with E-state index in [0.717, 1.165) is 16.3 Å². The quantitative estimate of drug-likeness (QED) is 0.701. The molecule has 4 heteroatoms. The van der Waals surface area contributed by atoms with Crippen LogP contribution in [-0.4, -0.2) is 22.5 Å². The molecule has 0 aliphatic rings. The van der Waals surface area contributed by atoms with Crippen LogP contribution in [0, 0.1) is 0 Å². The minimum Gasteiger partial charge on any atom is -0.461 e. The zero-order valence-corrected chi connectivity index (χ0v) is 9.93. The molecule has 90 valence electrons. The van der Waals surface area contributed by atoms with Crippen LogP contribution >= 0.6 is 0 Å². The lowest BCUT2D eigenvalue weighted by Crippen LogP contribution is -2.04. The molecular formula is C14H12N2O2. The number of nitrogens with zero attached hydrogens (tertiary/aromatic N) is 1. The van der Waals surface area contributed by atoms with Crippen molar-refractivity contribution in [2.75, 3.05) is 6.61 Å². The van der Waals surface area contributed by atoms with Gasteiger partial charge in [0.05, 0.1) is 12.1 Å². The highest BCUT2D eigenvalue weighted by atomic mass is 16.5. The predicted molar refractivity (Wildman–Crippen MR) is 69.6 cm³/mol. The van der Waals surface area contributed by atoms with Gasteiger partial charge in [0.15, 0.2) is 0 Å². The lowest BCUT2D eigenvalue weighted by molar-refractivity contribution is 0.0520. The summed E-state index contributed by atoms with van der Waals surface area (Å²) in [7, 11) is 0. The molecule has 4 nitrogen and oxygen atoms in total. The number of nitrogens with one attached hydrogen (secondary N) is 1. The third-order valence-corrected chi connectivity index (χ3v) is 2.80. The number of carbonyl (C=O) groups excluding carboxylic acids is 1. The van der Waals surface area contributed by atoms with Crippen LogP contribution in [0.25, 0.3) is 21.9 Å². The first-order valence-electron chi connectivity index (χ1n) is 5.83. The molecule has 0 aliphatic carbocycles. The second-order valence-corrected chi connectivity index (χ2v) is 4.02. The van der Waals surface area contributed by atoms with E-state index in [1.54, 1.807) is 13.0 Å². The Hall–Kier alpha value is -2.36. The number of aromatic amines is 1. The Bertz CT molecular complexity index is 678. The van der Waals surface area contributed by atoms with Crippen LogP contribution in [0.5, 0.6) is 0 Å². The highest BCUT2D eigenvalue weighted by Gasteiger charge is 2.11. The molecule has 0 saturated heterocycles. The van der Waals surface area contributed by atoms with E-state index in [4.69, 9.17) is 4.74 Å². The Kier molecular flexibility index (Phi) is 2.48. The third kappa shape index (κ3) is 1.72. The van der Waals surface area contributed by atoms with E-state index >= 15 is 0 Å². The molecule has 0 bridgehead atoms. The third-order valence-electron chi connectivity index (χ3n) is 2.80. The maximum absolute atomic E-state index is 11.6. The number of rotatable bonds is 2. The van der Waals surface area contributed by atoms with Gasteiger partial charge in [-0.15, -0.1) is 0 Å². The normalized spacial score (nSPS) is 10.9. The highest BCUT2D eigenvalue weighted by molar-refractivity contribution is 5.97. The second-order valence-electron chi connectivity index (χ2n) is 4.02. The van der Waals surface area contributed by atoms with Crippen molar-refractivity contribution in [3.63, 3.8) is 0 Å². The molecule has 0 radical (unpaired) electrons. The van der Waals surface area contributed by atoms with Gasteiger partial charge in [-0.1, -0.05) is 18.2 Å². The summed E-state index contributed by atoms with van der Waals surface area (Å²) in [4.78, 5) is 19.1. The number of carbonyl (C=O) groups is 1. The molecule has 18 heavy (non-hydrogen) atoms. The Morgan fingerprint density at radius 3 is 2.94 bits per heavy atom.